The van der Waals surface area contributed by atoms with Crippen molar-refractivity contribution in [2.24, 2.45) is 0 Å². The summed E-state index contributed by atoms with van der Waals surface area (Å²) in [6.45, 7) is 0.996. The molecule has 15 heavy (non-hydrogen) atoms. The Kier molecular flexibility index (Phi) is 5.15. The summed E-state index contributed by atoms with van der Waals surface area (Å²) in [6.07, 6.45) is 0.802. The summed E-state index contributed by atoms with van der Waals surface area (Å²) in [5, 5.41) is 6.33. The highest BCUT2D eigenvalue weighted by Crippen LogP contribution is 2.10. The number of likely N-dealkylation sites (N-methyl/N-ethyl adjacent to an activating group) is 1. The third-order valence-electron chi connectivity index (χ3n) is 1.96. The molecule has 0 aliphatic rings. The molecule has 0 heterocycles. The Balaban J connectivity index is 2.28. The van der Waals surface area contributed by atoms with Crippen molar-refractivity contribution >= 4 is 17.5 Å². The topological polar surface area (TPSA) is 41.1 Å². The first-order valence-corrected chi connectivity index (χ1v) is 5.26. The standard InChI is InChI=1S/C11H15ClN2O/c1-13-8-11(15)14-6-5-9-3-2-4-10(12)7-9/h2-4,7,13H,5-6,8H2,1H3,(H,14,15). The fourth-order valence-corrected chi connectivity index (χ4v) is 1.47. The van der Waals surface area contributed by atoms with E-state index in [0.29, 0.717) is 13.1 Å². The molecule has 1 aromatic carbocycles. The lowest BCUT2D eigenvalue weighted by atomic mass is 10.1. The second-order valence-corrected chi connectivity index (χ2v) is 3.70. The van der Waals surface area contributed by atoms with Crippen LogP contribution < -0.4 is 10.6 Å². The van der Waals surface area contributed by atoms with E-state index in [4.69, 9.17) is 11.6 Å². The van der Waals surface area contributed by atoms with Crippen LogP contribution in [0.4, 0.5) is 0 Å². The number of benzene rings is 1. The van der Waals surface area contributed by atoms with Crippen LogP contribution in [-0.4, -0.2) is 26.0 Å². The van der Waals surface area contributed by atoms with Crippen molar-refractivity contribution in [3.63, 3.8) is 0 Å². The summed E-state index contributed by atoms with van der Waals surface area (Å²) in [5.74, 6) is 0.0135. The lowest BCUT2D eigenvalue weighted by Crippen LogP contribution is -2.33. The Hall–Kier alpha value is -1.06. The minimum atomic E-state index is 0.0135. The highest BCUT2D eigenvalue weighted by atomic mass is 35.5. The van der Waals surface area contributed by atoms with Crippen LogP contribution in [0.2, 0.25) is 5.02 Å². The molecule has 0 unspecified atom stereocenters. The summed E-state index contributed by atoms with van der Waals surface area (Å²) < 4.78 is 0. The maximum atomic E-state index is 11.1. The minimum absolute atomic E-state index is 0.0135. The molecule has 3 nitrogen and oxygen atoms in total. The van der Waals surface area contributed by atoms with Crippen molar-refractivity contribution in [1.82, 2.24) is 10.6 Å². The van der Waals surface area contributed by atoms with E-state index in [-0.39, 0.29) is 5.91 Å². The molecule has 1 rings (SSSR count). The number of nitrogens with one attached hydrogen (secondary N) is 2. The highest BCUT2D eigenvalue weighted by molar-refractivity contribution is 6.30. The molecule has 0 bridgehead atoms. The van der Waals surface area contributed by atoms with E-state index >= 15 is 0 Å². The number of carbonyl (C=O) groups excluding carboxylic acids is 1. The molecule has 0 radical (unpaired) electrons. The van der Waals surface area contributed by atoms with Gasteiger partial charge in [-0.25, -0.2) is 0 Å². The smallest absolute Gasteiger partial charge is 0.233 e. The van der Waals surface area contributed by atoms with Gasteiger partial charge in [-0.2, -0.15) is 0 Å². The van der Waals surface area contributed by atoms with E-state index in [1.54, 1.807) is 7.05 Å². The van der Waals surface area contributed by atoms with E-state index in [1.165, 1.54) is 0 Å². The number of carbonyl (C=O) groups is 1. The first kappa shape index (κ1) is 12.0. The minimum Gasteiger partial charge on any atom is -0.355 e. The fourth-order valence-electron chi connectivity index (χ4n) is 1.26. The predicted molar refractivity (Wildman–Crippen MR) is 62.1 cm³/mol. The lowest BCUT2D eigenvalue weighted by molar-refractivity contribution is -0.120. The van der Waals surface area contributed by atoms with Gasteiger partial charge in [-0.1, -0.05) is 23.7 Å². The van der Waals surface area contributed by atoms with Gasteiger partial charge >= 0.3 is 0 Å². The second kappa shape index (κ2) is 6.43. The van der Waals surface area contributed by atoms with Gasteiger partial charge in [0.15, 0.2) is 0 Å². The van der Waals surface area contributed by atoms with Gasteiger partial charge in [-0.15, -0.1) is 0 Å². The van der Waals surface area contributed by atoms with Gasteiger partial charge in [-0.05, 0) is 31.2 Å². The van der Waals surface area contributed by atoms with Crippen molar-refractivity contribution in [3.05, 3.63) is 34.9 Å². The van der Waals surface area contributed by atoms with Gasteiger partial charge in [0, 0.05) is 11.6 Å². The quantitative estimate of drug-likeness (QED) is 0.793. The van der Waals surface area contributed by atoms with E-state index in [9.17, 15) is 4.79 Å². The highest BCUT2D eigenvalue weighted by Gasteiger charge is 1.98. The zero-order valence-electron chi connectivity index (χ0n) is 8.72. The molecule has 2 N–H and O–H groups in total. The molecule has 0 saturated carbocycles. The van der Waals surface area contributed by atoms with Crippen LogP contribution in [0.15, 0.2) is 24.3 Å². The summed E-state index contributed by atoms with van der Waals surface area (Å²) in [6, 6.07) is 7.65. The molecule has 0 aliphatic heterocycles. The number of amides is 1. The summed E-state index contributed by atoms with van der Waals surface area (Å²) in [5.41, 5.74) is 1.13. The molecule has 0 aliphatic carbocycles. The zero-order chi connectivity index (χ0) is 11.1. The van der Waals surface area contributed by atoms with E-state index in [2.05, 4.69) is 10.6 Å². The van der Waals surface area contributed by atoms with Crippen molar-refractivity contribution in [2.75, 3.05) is 20.1 Å². The van der Waals surface area contributed by atoms with Crippen molar-refractivity contribution in [2.45, 2.75) is 6.42 Å². The van der Waals surface area contributed by atoms with Gasteiger partial charge in [0.05, 0.1) is 6.54 Å². The van der Waals surface area contributed by atoms with Gasteiger partial charge in [-0.3, -0.25) is 4.79 Å². The first-order chi connectivity index (χ1) is 7.22. The third kappa shape index (κ3) is 4.81. The van der Waals surface area contributed by atoms with Crippen molar-refractivity contribution in [1.29, 1.82) is 0 Å². The molecule has 1 amide bonds. The monoisotopic (exact) mass is 226 g/mol. The number of hydrogen-bond donors (Lipinski definition) is 2. The molecule has 0 atom stereocenters. The Morgan fingerprint density at radius 3 is 2.93 bits per heavy atom. The molecular weight excluding hydrogens is 212 g/mol. The average molecular weight is 227 g/mol. The van der Waals surface area contributed by atoms with E-state index in [1.807, 2.05) is 24.3 Å². The summed E-state index contributed by atoms with van der Waals surface area (Å²) >= 11 is 5.84. The van der Waals surface area contributed by atoms with Crippen LogP contribution in [0.3, 0.4) is 0 Å². The summed E-state index contributed by atoms with van der Waals surface area (Å²) in [4.78, 5) is 11.1. The zero-order valence-corrected chi connectivity index (χ0v) is 9.47. The molecule has 4 heteroatoms. The lowest BCUT2D eigenvalue weighted by Gasteiger charge is -2.04. The fraction of sp³-hybridized carbons (Fsp3) is 0.364. The van der Waals surface area contributed by atoms with Crippen LogP contribution in [0.5, 0.6) is 0 Å². The molecule has 0 saturated heterocycles. The van der Waals surface area contributed by atoms with Crippen LogP contribution in [0.1, 0.15) is 5.56 Å². The number of halogens is 1. The SMILES string of the molecule is CNCC(=O)NCCc1cccc(Cl)c1. The number of hydrogen-bond acceptors (Lipinski definition) is 2. The van der Waals surface area contributed by atoms with Crippen molar-refractivity contribution in [3.8, 4) is 0 Å². The van der Waals surface area contributed by atoms with E-state index in [0.717, 1.165) is 17.0 Å². The van der Waals surface area contributed by atoms with Gasteiger partial charge < -0.3 is 10.6 Å². The van der Waals surface area contributed by atoms with Gasteiger partial charge in [0.2, 0.25) is 5.91 Å². The molecule has 0 spiro atoms. The Morgan fingerprint density at radius 2 is 2.27 bits per heavy atom. The van der Waals surface area contributed by atoms with Gasteiger partial charge in [0.25, 0.3) is 0 Å². The normalized spacial score (nSPS) is 10.0. The van der Waals surface area contributed by atoms with Gasteiger partial charge in [0.1, 0.15) is 0 Å². The number of rotatable bonds is 5. The third-order valence-corrected chi connectivity index (χ3v) is 2.20. The Bertz CT molecular complexity index is 328. The Labute approximate surface area is 94.8 Å². The average Bonchev–Trinajstić information content (AvgIpc) is 2.18. The summed E-state index contributed by atoms with van der Waals surface area (Å²) in [7, 11) is 1.75. The van der Waals surface area contributed by atoms with E-state index < -0.39 is 0 Å². The predicted octanol–water partition coefficient (Wildman–Crippen LogP) is 1.22. The van der Waals surface area contributed by atoms with Crippen LogP contribution in [0.25, 0.3) is 0 Å². The van der Waals surface area contributed by atoms with Crippen LogP contribution >= 0.6 is 11.6 Å². The molecular formula is C11H15ClN2O. The molecule has 0 aromatic heterocycles. The first-order valence-electron chi connectivity index (χ1n) is 4.88. The van der Waals surface area contributed by atoms with Crippen molar-refractivity contribution < 1.29 is 4.79 Å². The van der Waals surface area contributed by atoms with Crippen LogP contribution in [-0.2, 0) is 11.2 Å². The largest absolute Gasteiger partial charge is 0.355 e. The Morgan fingerprint density at radius 1 is 1.47 bits per heavy atom. The van der Waals surface area contributed by atoms with Crippen LogP contribution in [0, 0.1) is 0 Å². The maximum Gasteiger partial charge on any atom is 0.233 e. The molecule has 1 aromatic rings. The maximum absolute atomic E-state index is 11.1. The molecule has 0 fully saturated rings. The molecule has 82 valence electrons. The second-order valence-electron chi connectivity index (χ2n) is 3.26.